The molecule has 2 atom stereocenters. The topological polar surface area (TPSA) is 65.8 Å². The molecule has 1 rings (SSSR count). The minimum Gasteiger partial charge on any atom is -0.340 e. The van der Waals surface area contributed by atoms with Crippen molar-refractivity contribution in [1.82, 2.24) is 9.57 Å². The van der Waals surface area contributed by atoms with Crippen molar-refractivity contribution in [3.8, 4) is 6.07 Å². The van der Waals surface area contributed by atoms with E-state index < -0.39 is 8.53 Å². The van der Waals surface area contributed by atoms with Gasteiger partial charge < -0.3 is 13.9 Å². The van der Waals surface area contributed by atoms with E-state index in [9.17, 15) is 4.79 Å². The van der Waals surface area contributed by atoms with E-state index in [1.807, 2.05) is 11.8 Å². The smallest absolute Gasteiger partial charge is 0.259 e. The third-order valence-electron chi connectivity index (χ3n) is 3.70. The second-order valence-electron chi connectivity index (χ2n) is 6.26. The predicted octanol–water partition coefficient (Wildman–Crippen LogP) is 3.29. The third-order valence-corrected chi connectivity index (χ3v) is 5.88. The van der Waals surface area contributed by atoms with Gasteiger partial charge in [0.05, 0.1) is 25.2 Å². The van der Waals surface area contributed by atoms with Gasteiger partial charge in [0.25, 0.3) is 8.53 Å². The molecule has 1 fully saturated rings. The fourth-order valence-electron chi connectivity index (χ4n) is 2.69. The van der Waals surface area contributed by atoms with Crippen LogP contribution in [0.15, 0.2) is 0 Å². The van der Waals surface area contributed by atoms with Crippen LogP contribution in [0.25, 0.3) is 0 Å². The van der Waals surface area contributed by atoms with E-state index in [2.05, 4.69) is 38.4 Å². The Morgan fingerprint density at radius 3 is 2.57 bits per heavy atom. The lowest BCUT2D eigenvalue weighted by Crippen LogP contribution is -2.35. The Kier molecular flexibility index (Phi) is 9.01. The van der Waals surface area contributed by atoms with Crippen molar-refractivity contribution in [3.63, 3.8) is 0 Å². The molecule has 0 aromatic carbocycles. The molecular formula is C16H30N3O3P. The molecule has 132 valence electrons. The molecule has 0 spiro atoms. The van der Waals surface area contributed by atoms with Crippen molar-refractivity contribution in [2.24, 2.45) is 0 Å². The van der Waals surface area contributed by atoms with Gasteiger partial charge in [0.1, 0.15) is 0 Å². The summed E-state index contributed by atoms with van der Waals surface area (Å²) in [5, 5.41) is 8.72. The molecule has 0 aromatic heterocycles. The van der Waals surface area contributed by atoms with Crippen LogP contribution in [0.3, 0.4) is 0 Å². The van der Waals surface area contributed by atoms with Gasteiger partial charge in [-0.05, 0) is 34.1 Å². The van der Waals surface area contributed by atoms with E-state index >= 15 is 0 Å². The first-order chi connectivity index (χ1) is 10.9. The summed E-state index contributed by atoms with van der Waals surface area (Å²) in [7, 11) is -1.22. The number of rotatable bonds is 9. The Balaban J connectivity index is 2.69. The van der Waals surface area contributed by atoms with Crippen molar-refractivity contribution in [1.29, 1.82) is 5.26 Å². The molecule has 1 aliphatic rings. The van der Waals surface area contributed by atoms with Gasteiger partial charge in [-0.15, -0.1) is 0 Å². The number of carbonyl (C=O) groups is 1. The monoisotopic (exact) mass is 343 g/mol. The van der Waals surface area contributed by atoms with Gasteiger partial charge in [0, 0.05) is 31.6 Å². The molecule has 1 heterocycles. The largest absolute Gasteiger partial charge is 0.340 e. The van der Waals surface area contributed by atoms with Gasteiger partial charge in [-0.1, -0.05) is 6.92 Å². The summed E-state index contributed by atoms with van der Waals surface area (Å²) in [4.78, 5) is 13.7. The highest BCUT2D eigenvalue weighted by molar-refractivity contribution is 7.44. The quantitative estimate of drug-likeness (QED) is 0.475. The van der Waals surface area contributed by atoms with Crippen molar-refractivity contribution in [3.05, 3.63) is 0 Å². The first-order valence-electron chi connectivity index (χ1n) is 8.43. The molecule has 0 N–H and O–H groups in total. The Bertz CT molecular complexity index is 404. The van der Waals surface area contributed by atoms with E-state index in [1.165, 1.54) is 0 Å². The number of likely N-dealkylation sites (tertiary alicyclic amines) is 1. The standard InChI is InChI=1S/C16H30N3O3P/c1-6-16(20)18-10-8-15(12-18)22-23(21-11-7-9-17)19(13(2)3)14(4)5/h13-15H,6-8,10-12H2,1-5H3/t15-,23?/m1/s1. The minimum absolute atomic E-state index is 0.0127. The summed E-state index contributed by atoms with van der Waals surface area (Å²) in [5.41, 5.74) is 0. The van der Waals surface area contributed by atoms with E-state index in [0.717, 1.165) is 13.0 Å². The zero-order chi connectivity index (χ0) is 17.4. The number of carbonyl (C=O) groups excluding carboxylic acids is 1. The maximum atomic E-state index is 11.8. The molecule has 23 heavy (non-hydrogen) atoms. The molecule has 0 radical (unpaired) electrons. The van der Waals surface area contributed by atoms with Crippen LogP contribution < -0.4 is 0 Å². The summed E-state index contributed by atoms with van der Waals surface area (Å²) in [6.45, 7) is 12.1. The summed E-state index contributed by atoms with van der Waals surface area (Å²) in [5.74, 6) is 0.176. The Hall–Kier alpha value is -0.730. The second-order valence-corrected chi connectivity index (χ2v) is 7.66. The SMILES string of the molecule is CCC(=O)N1CC[C@@H](OP(OCCC#N)N(C(C)C)C(C)C)C1. The van der Waals surface area contributed by atoms with Gasteiger partial charge in [-0.3, -0.25) is 4.79 Å². The first-order valence-corrected chi connectivity index (χ1v) is 9.56. The Morgan fingerprint density at radius 2 is 2.04 bits per heavy atom. The molecule has 0 aliphatic carbocycles. The van der Waals surface area contributed by atoms with Crippen molar-refractivity contribution < 1.29 is 13.8 Å². The number of amides is 1. The van der Waals surface area contributed by atoms with Crippen molar-refractivity contribution in [2.75, 3.05) is 19.7 Å². The van der Waals surface area contributed by atoms with Crippen LogP contribution in [0.2, 0.25) is 0 Å². The van der Waals surface area contributed by atoms with Crippen LogP contribution in [0.5, 0.6) is 0 Å². The first kappa shape index (κ1) is 20.3. The zero-order valence-corrected chi connectivity index (χ0v) is 15.9. The third kappa shape index (κ3) is 6.35. The fraction of sp³-hybridized carbons (Fsp3) is 0.875. The molecule has 7 heteroatoms. The van der Waals surface area contributed by atoms with Gasteiger partial charge in [-0.25, -0.2) is 4.67 Å². The van der Waals surface area contributed by atoms with Crippen LogP contribution in [0.1, 0.15) is 53.9 Å². The lowest BCUT2D eigenvalue weighted by Gasteiger charge is -2.36. The fourth-order valence-corrected chi connectivity index (χ4v) is 4.42. The van der Waals surface area contributed by atoms with Crippen LogP contribution >= 0.6 is 8.53 Å². The van der Waals surface area contributed by atoms with Crippen LogP contribution in [-0.2, 0) is 13.8 Å². The maximum absolute atomic E-state index is 11.8. The molecule has 1 aliphatic heterocycles. The van der Waals surface area contributed by atoms with Gasteiger partial charge in [0.15, 0.2) is 0 Å². The number of hydrogen-bond acceptors (Lipinski definition) is 5. The number of hydrogen-bond donors (Lipinski definition) is 0. The summed E-state index contributed by atoms with van der Waals surface area (Å²) >= 11 is 0. The maximum Gasteiger partial charge on any atom is 0.259 e. The average Bonchev–Trinajstić information content (AvgIpc) is 2.94. The Morgan fingerprint density at radius 1 is 1.39 bits per heavy atom. The average molecular weight is 343 g/mol. The summed E-state index contributed by atoms with van der Waals surface area (Å²) in [6, 6.07) is 2.68. The molecule has 1 saturated heterocycles. The predicted molar refractivity (Wildman–Crippen MR) is 91.6 cm³/mol. The van der Waals surface area contributed by atoms with Gasteiger partial charge >= 0.3 is 0 Å². The van der Waals surface area contributed by atoms with Gasteiger partial charge in [0.2, 0.25) is 5.91 Å². The van der Waals surface area contributed by atoms with E-state index in [4.69, 9.17) is 14.3 Å². The highest BCUT2D eigenvalue weighted by Gasteiger charge is 2.33. The van der Waals surface area contributed by atoms with E-state index in [0.29, 0.717) is 26.0 Å². The van der Waals surface area contributed by atoms with Gasteiger partial charge in [-0.2, -0.15) is 5.26 Å². The van der Waals surface area contributed by atoms with E-state index in [-0.39, 0.29) is 24.1 Å². The normalized spacial score (nSPS) is 19.6. The van der Waals surface area contributed by atoms with Crippen LogP contribution in [0, 0.1) is 11.3 Å². The molecular weight excluding hydrogens is 313 g/mol. The molecule has 1 amide bonds. The van der Waals surface area contributed by atoms with Crippen molar-refractivity contribution >= 4 is 14.4 Å². The minimum atomic E-state index is -1.22. The molecule has 6 nitrogen and oxygen atoms in total. The molecule has 0 saturated carbocycles. The zero-order valence-electron chi connectivity index (χ0n) is 15.0. The van der Waals surface area contributed by atoms with E-state index in [1.54, 1.807) is 0 Å². The highest BCUT2D eigenvalue weighted by atomic mass is 31.2. The Labute approximate surface area is 141 Å². The molecule has 1 unspecified atom stereocenters. The molecule has 0 aromatic rings. The van der Waals surface area contributed by atoms with Crippen LogP contribution in [0.4, 0.5) is 0 Å². The number of nitrogens with zero attached hydrogens (tertiary/aromatic N) is 3. The lowest BCUT2D eigenvalue weighted by atomic mass is 10.3. The van der Waals surface area contributed by atoms with Crippen LogP contribution in [-0.4, -0.2) is 53.4 Å². The molecule has 0 bridgehead atoms. The second kappa shape index (κ2) is 10.2. The summed E-state index contributed by atoms with van der Waals surface area (Å²) in [6.07, 6.45) is 1.75. The number of nitriles is 1. The summed E-state index contributed by atoms with van der Waals surface area (Å²) < 4.78 is 14.3. The van der Waals surface area contributed by atoms with Crippen molar-refractivity contribution in [2.45, 2.75) is 72.1 Å². The lowest BCUT2D eigenvalue weighted by molar-refractivity contribution is -0.130. The highest BCUT2D eigenvalue weighted by Crippen LogP contribution is 2.48.